The van der Waals surface area contributed by atoms with Gasteiger partial charge in [0.05, 0.1) is 16.3 Å². The first kappa shape index (κ1) is 15.4. The third kappa shape index (κ3) is 2.53. The van der Waals surface area contributed by atoms with Crippen LogP contribution in [0.1, 0.15) is 46.5 Å². The SMILES string of the molecule is Cc1ccc(C(=O)N2CCCCC2c2nc3ccccc3s2)n1C. The van der Waals surface area contributed by atoms with Crippen LogP contribution in [-0.2, 0) is 7.05 Å². The van der Waals surface area contributed by atoms with E-state index in [4.69, 9.17) is 4.98 Å². The first-order chi connectivity index (χ1) is 11.6. The number of carbonyl (C=O) groups excluding carboxylic acids is 1. The van der Waals surface area contributed by atoms with Crippen LogP contribution in [0.5, 0.6) is 0 Å². The van der Waals surface area contributed by atoms with Crippen molar-refractivity contribution in [3.05, 3.63) is 52.8 Å². The summed E-state index contributed by atoms with van der Waals surface area (Å²) < 4.78 is 3.17. The quantitative estimate of drug-likeness (QED) is 0.698. The van der Waals surface area contributed by atoms with Gasteiger partial charge in [0.1, 0.15) is 10.7 Å². The molecule has 0 N–H and O–H groups in total. The molecule has 24 heavy (non-hydrogen) atoms. The topological polar surface area (TPSA) is 38.1 Å². The van der Waals surface area contributed by atoms with Gasteiger partial charge in [-0.15, -0.1) is 11.3 Å². The predicted octanol–water partition coefficient (Wildman–Crippen LogP) is 4.31. The highest BCUT2D eigenvalue weighted by Crippen LogP contribution is 2.36. The van der Waals surface area contributed by atoms with Crippen molar-refractivity contribution >= 4 is 27.5 Å². The molecular formula is C19H21N3OS. The summed E-state index contributed by atoms with van der Waals surface area (Å²) in [6.45, 7) is 2.83. The number of aryl methyl sites for hydroxylation is 1. The van der Waals surface area contributed by atoms with Gasteiger partial charge in [-0.3, -0.25) is 4.79 Å². The van der Waals surface area contributed by atoms with E-state index in [0.717, 1.165) is 47.7 Å². The smallest absolute Gasteiger partial charge is 0.271 e. The average Bonchev–Trinajstić information content (AvgIpc) is 3.18. The van der Waals surface area contributed by atoms with Crippen molar-refractivity contribution in [1.82, 2.24) is 14.5 Å². The molecule has 1 unspecified atom stereocenters. The van der Waals surface area contributed by atoms with Gasteiger partial charge in [-0.25, -0.2) is 4.98 Å². The molecule has 0 radical (unpaired) electrons. The van der Waals surface area contributed by atoms with E-state index in [1.54, 1.807) is 11.3 Å². The summed E-state index contributed by atoms with van der Waals surface area (Å²) in [4.78, 5) is 19.9. The Morgan fingerprint density at radius 3 is 2.79 bits per heavy atom. The van der Waals surface area contributed by atoms with Crippen LogP contribution in [0.3, 0.4) is 0 Å². The van der Waals surface area contributed by atoms with Crippen molar-refractivity contribution in [2.75, 3.05) is 6.54 Å². The molecule has 0 saturated carbocycles. The molecule has 4 nitrogen and oxygen atoms in total. The number of hydrogen-bond acceptors (Lipinski definition) is 3. The van der Waals surface area contributed by atoms with Gasteiger partial charge in [0.15, 0.2) is 0 Å². The first-order valence-electron chi connectivity index (χ1n) is 8.44. The van der Waals surface area contributed by atoms with Crippen LogP contribution in [0.2, 0.25) is 0 Å². The maximum absolute atomic E-state index is 13.1. The van der Waals surface area contributed by atoms with Crippen LogP contribution in [0, 0.1) is 6.92 Å². The monoisotopic (exact) mass is 339 g/mol. The van der Waals surface area contributed by atoms with Crippen LogP contribution < -0.4 is 0 Å². The molecule has 1 aliphatic rings. The largest absolute Gasteiger partial charge is 0.344 e. The summed E-state index contributed by atoms with van der Waals surface area (Å²) in [7, 11) is 1.96. The number of para-hydroxylation sites is 1. The summed E-state index contributed by atoms with van der Waals surface area (Å²) in [6, 6.07) is 12.2. The molecule has 0 bridgehead atoms. The minimum atomic E-state index is 0.0962. The lowest BCUT2D eigenvalue weighted by Crippen LogP contribution is -2.39. The number of thiazole rings is 1. The van der Waals surface area contributed by atoms with Crippen molar-refractivity contribution < 1.29 is 4.79 Å². The molecule has 1 aromatic carbocycles. The molecule has 5 heteroatoms. The van der Waals surface area contributed by atoms with Gasteiger partial charge in [-0.1, -0.05) is 12.1 Å². The summed E-state index contributed by atoms with van der Waals surface area (Å²) in [5, 5.41) is 1.06. The maximum Gasteiger partial charge on any atom is 0.271 e. The van der Waals surface area contributed by atoms with Gasteiger partial charge in [-0.2, -0.15) is 0 Å². The van der Waals surface area contributed by atoms with E-state index in [-0.39, 0.29) is 11.9 Å². The van der Waals surface area contributed by atoms with Crippen molar-refractivity contribution in [3.63, 3.8) is 0 Å². The van der Waals surface area contributed by atoms with E-state index in [9.17, 15) is 4.79 Å². The summed E-state index contributed by atoms with van der Waals surface area (Å²) in [5.74, 6) is 0.120. The molecule has 4 rings (SSSR count). The number of benzene rings is 1. The highest BCUT2D eigenvalue weighted by atomic mass is 32.1. The molecule has 1 amide bonds. The predicted molar refractivity (Wildman–Crippen MR) is 97.4 cm³/mol. The Labute approximate surface area is 145 Å². The van der Waals surface area contributed by atoms with Gasteiger partial charge in [0.2, 0.25) is 0 Å². The molecule has 1 atom stereocenters. The van der Waals surface area contributed by atoms with Crippen molar-refractivity contribution in [2.45, 2.75) is 32.2 Å². The van der Waals surface area contributed by atoms with Gasteiger partial charge >= 0.3 is 0 Å². The Bertz CT molecular complexity index is 862. The number of piperidine rings is 1. The Balaban J connectivity index is 1.70. The standard InChI is InChI=1S/C19H21N3OS/c1-13-10-11-16(21(13)2)19(23)22-12-6-5-8-15(22)18-20-14-7-3-4-9-17(14)24-18/h3-4,7,9-11,15H,5-6,8,12H2,1-2H3. The maximum atomic E-state index is 13.1. The fourth-order valence-corrected chi connectivity index (χ4v) is 4.55. The second kappa shape index (κ2) is 6.06. The lowest BCUT2D eigenvalue weighted by molar-refractivity contribution is 0.0601. The van der Waals surface area contributed by atoms with E-state index in [1.165, 1.54) is 4.70 Å². The van der Waals surface area contributed by atoms with E-state index < -0.39 is 0 Å². The molecule has 1 aliphatic heterocycles. The van der Waals surface area contributed by atoms with Crippen LogP contribution in [0.4, 0.5) is 0 Å². The Hall–Kier alpha value is -2.14. The Kier molecular flexibility index (Phi) is 3.88. The van der Waals surface area contributed by atoms with Gasteiger partial charge in [-0.05, 0) is 50.5 Å². The molecule has 124 valence electrons. The van der Waals surface area contributed by atoms with Gasteiger partial charge in [0.25, 0.3) is 5.91 Å². The molecule has 1 fully saturated rings. The number of nitrogens with zero attached hydrogens (tertiary/aromatic N) is 3. The molecule has 2 aromatic heterocycles. The molecule has 3 heterocycles. The van der Waals surface area contributed by atoms with E-state index >= 15 is 0 Å². The number of fused-ring (bicyclic) bond motifs is 1. The highest BCUT2D eigenvalue weighted by Gasteiger charge is 2.32. The third-order valence-electron chi connectivity index (χ3n) is 4.95. The number of carbonyl (C=O) groups is 1. The van der Waals surface area contributed by atoms with Crippen molar-refractivity contribution in [2.24, 2.45) is 7.05 Å². The molecular weight excluding hydrogens is 318 g/mol. The second-order valence-electron chi connectivity index (χ2n) is 6.45. The lowest BCUT2D eigenvalue weighted by atomic mass is 10.0. The third-order valence-corrected chi connectivity index (χ3v) is 6.09. The Morgan fingerprint density at radius 1 is 1.21 bits per heavy atom. The van der Waals surface area contributed by atoms with Crippen molar-refractivity contribution in [3.8, 4) is 0 Å². The summed E-state index contributed by atoms with van der Waals surface area (Å²) in [5.41, 5.74) is 2.90. The average molecular weight is 339 g/mol. The highest BCUT2D eigenvalue weighted by molar-refractivity contribution is 7.18. The lowest BCUT2D eigenvalue weighted by Gasteiger charge is -2.34. The van der Waals surface area contributed by atoms with Crippen LogP contribution >= 0.6 is 11.3 Å². The number of aromatic nitrogens is 2. The number of rotatable bonds is 2. The minimum Gasteiger partial charge on any atom is -0.344 e. The Morgan fingerprint density at radius 2 is 2.04 bits per heavy atom. The molecule has 0 spiro atoms. The van der Waals surface area contributed by atoms with E-state index in [1.807, 2.05) is 53.8 Å². The minimum absolute atomic E-state index is 0.0962. The normalized spacial score (nSPS) is 18.2. The van der Waals surface area contributed by atoms with Gasteiger partial charge < -0.3 is 9.47 Å². The fraction of sp³-hybridized carbons (Fsp3) is 0.368. The molecule has 0 aliphatic carbocycles. The van der Waals surface area contributed by atoms with Gasteiger partial charge in [0, 0.05) is 19.3 Å². The summed E-state index contributed by atoms with van der Waals surface area (Å²) in [6.07, 6.45) is 3.21. The molecule has 3 aromatic rings. The zero-order chi connectivity index (χ0) is 16.7. The first-order valence-corrected chi connectivity index (χ1v) is 9.25. The van der Waals surface area contributed by atoms with E-state index in [2.05, 4.69) is 6.07 Å². The van der Waals surface area contributed by atoms with E-state index in [0.29, 0.717) is 0 Å². The molecule has 1 saturated heterocycles. The number of hydrogen-bond donors (Lipinski definition) is 0. The zero-order valence-electron chi connectivity index (χ0n) is 14.0. The number of likely N-dealkylation sites (tertiary alicyclic amines) is 1. The fourth-order valence-electron chi connectivity index (χ4n) is 3.44. The summed E-state index contributed by atoms with van der Waals surface area (Å²) >= 11 is 1.72. The van der Waals surface area contributed by atoms with Crippen LogP contribution in [0.15, 0.2) is 36.4 Å². The second-order valence-corrected chi connectivity index (χ2v) is 7.51. The number of amides is 1. The van der Waals surface area contributed by atoms with Crippen molar-refractivity contribution in [1.29, 1.82) is 0 Å². The zero-order valence-corrected chi connectivity index (χ0v) is 14.8. The van der Waals surface area contributed by atoms with Crippen LogP contribution in [-0.4, -0.2) is 26.9 Å². The van der Waals surface area contributed by atoms with Crippen LogP contribution in [0.25, 0.3) is 10.2 Å².